The minimum absolute atomic E-state index is 0.223. The summed E-state index contributed by atoms with van der Waals surface area (Å²) in [6.45, 7) is 0.223. The summed E-state index contributed by atoms with van der Waals surface area (Å²) in [5, 5.41) is 6.14. The predicted molar refractivity (Wildman–Crippen MR) is 85.8 cm³/mol. The molecule has 2 heterocycles. The van der Waals surface area contributed by atoms with Crippen molar-refractivity contribution in [2.75, 3.05) is 0 Å². The zero-order valence-corrected chi connectivity index (χ0v) is 12.2. The minimum Gasteiger partial charge on any atom is -0.483 e. The molecule has 23 heavy (non-hydrogen) atoms. The van der Waals surface area contributed by atoms with Crippen LogP contribution in [0.1, 0.15) is 5.89 Å². The second-order valence-corrected chi connectivity index (χ2v) is 5.02. The monoisotopic (exact) mass is 303 g/mol. The van der Waals surface area contributed by atoms with Crippen LogP contribution in [0.5, 0.6) is 5.75 Å². The van der Waals surface area contributed by atoms with E-state index in [4.69, 9.17) is 9.26 Å². The van der Waals surface area contributed by atoms with Crippen LogP contribution in [0.15, 0.2) is 71.5 Å². The Morgan fingerprint density at radius 3 is 2.78 bits per heavy atom. The summed E-state index contributed by atoms with van der Waals surface area (Å²) in [5.74, 6) is 1.73. The summed E-state index contributed by atoms with van der Waals surface area (Å²) >= 11 is 0. The SMILES string of the molecule is c1cncc(-c2noc(COc3cccc4ccccc34)n2)c1. The fourth-order valence-electron chi connectivity index (χ4n) is 2.39. The first-order valence-corrected chi connectivity index (χ1v) is 7.24. The normalized spacial score (nSPS) is 10.8. The smallest absolute Gasteiger partial charge is 0.264 e. The van der Waals surface area contributed by atoms with E-state index in [9.17, 15) is 0 Å². The van der Waals surface area contributed by atoms with Crippen molar-refractivity contribution in [1.82, 2.24) is 15.1 Å². The third kappa shape index (κ3) is 2.76. The standard InChI is InChI=1S/C18H13N3O2/c1-2-8-15-13(5-1)6-3-9-16(15)22-12-17-20-18(21-23-17)14-7-4-10-19-11-14/h1-11H,12H2. The Balaban J connectivity index is 1.54. The molecule has 4 aromatic rings. The quantitative estimate of drug-likeness (QED) is 0.573. The van der Waals surface area contributed by atoms with Crippen LogP contribution in [0.4, 0.5) is 0 Å². The highest BCUT2D eigenvalue weighted by atomic mass is 16.5. The van der Waals surface area contributed by atoms with Gasteiger partial charge in [0.05, 0.1) is 0 Å². The van der Waals surface area contributed by atoms with Gasteiger partial charge in [-0.25, -0.2) is 0 Å². The Morgan fingerprint density at radius 1 is 0.957 bits per heavy atom. The van der Waals surface area contributed by atoms with Crippen molar-refractivity contribution in [3.05, 3.63) is 72.9 Å². The van der Waals surface area contributed by atoms with Gasteiger partial charge in [0.2, 0.25) is 5.82 Å². The molecule has 2 aromatic heterocycles. The van der Waals surface area contributed by atoms with Crippen LogP contribution in [0.3, 0.4) is 0 Å². The average molecular weight is 303 g/mol. The van der Waals surface area contributed by atoms with Gasteiger partial charge in [-0.15, -0.1) is 0 Å². The van der Waals surface area contributed by atoms with Crippen LogP contribution >= 0.6 is 0 Å². The molecular formula is C18H13N3O2. The summed E-state index contributed by atoms with van der Waals surface area (Å²) < 4.78 is 11.1. The van der Waals surface area contributed by atoms with E-state index in [1.165, 1.54) is 0 Å². The molecular weight excluding hydrogens is 290 g/mol. The molecule has 0 radical (unpaired) electrons. The van der Waals surface area contributed by atoms with E-state index in [0.717, 1.165) is 22.1 Å². The Labute approximate surface area is 132 Å². The van der Waals surface area contributed by atoms with E-state index >= 15 is 0 Å². The summed E-state index contributed by atoms with van der Waals surface area (Å²) in [5.41, 5.74) is 0.813. The molecule has 0 N–H and O–H groups in total. The van der Waals surface area contributed by atoms with Gasteiger partial charge in [-0.05, 0) is 23.6 Å². The van der Waals surface area contributed by atoms with Gasteiger partial charge in [0, 0.05) is 23.3 Å². The molecule has 0 saturated heterocycles. The Kier molecular flexibility index (Phi) is 3.44. The number of pyridine rings is 1. The molecule has 2 aromatic carbocycles. The Bertz CT molecular complexity index is 930. The van der Waals surface area contributed by atoms with Crippen LogP contribution in [-0.2, 0) is 6.61 Å². The lowest BCUT2D eigenvalue weighted by Crippen LogP contribution is -1.96. The van der Waals surface area contributed by atoms with E-state index < -0.39 is 0 Å². The maximum absolute atomic E-state index is 5.84. The number of hydrogen-bond donors (Lipinski definition) is 0. The van der Waals surface area contributed by atoms with Crippen LogP contribution < -0.4 is 4.74 Å². The average Bonchev–Trinajstić information content (AvgIpc) is 3.10. The van der Waals surface area contributed by atoms with Crippen molar-refractivity contribution in [2.24, 2.45) is 0 Å². The topological polar surface area (TPSA) is 61.0 Å². The van der Waals surface area contributed by atoms with E-state index in [1.54, 1.807) is 12.4 Å². The maximum atomic E-state index is 5.84. The predicted octanol–water partition coefficient (Wildman–Crippen LogP) is 3.86. The van der Waals surface area contributed by atoms with Gasteiger partial charge in [0.1, 0.15) is 5.75 Å². The zero-order chi connectivity index (χ0) is 15.5. The number of aromatic nitrogens is 3. The summed E-state index contributed by atoms with van der Waals surface area (Å²) in [6, 6.07) is 17.7. The molecule has 0 aliphatic carbocycles. The van der Waals surface area contributed by atoms with Gasteiger partial charge in [-0.1, -0.05) is 41.6 Å². The van der Waals surface area contributed by atoms with E-state index in [1.807, 2.05) is 42.5 Å². The summed E-state index contributed by atoms with van der Waals surface area (Å²) in [4.78, 5) is 8.38. The fourth-order valence-corrected chi connectivity index (χ4v) is 2.39. The third-order valence-electron chi connectivity index (χ3n) is 3.49. The van der Waals surface area contributed by atoms with Gasteiger partial charge in [-0.2, -0.15) is 4.98 Å². The molecule has 0 bridgehead atoms. The van der Waals surface area contributed by atoms with Crippen LogP contribution in [0, 0.1) is 0 Å². The van der Waals surface area contributed by atoms with Gasteiger partial charge in [-0.3, -0.25) is 4.98 Å². The van der Waals surface area contributed by atoms with E-state index in [0.29, 0.717) is 11.7 Å². The summed E-state index contributed by atoms with van der Waals surface area (Å²) in [6.07, 6.45) is 3.40. The lowest BCUT2D eigenvalue weighted by atomic mass is 10.1. The molecule has 0 spiro atoms. The maximum Gasteiger partial charge on any atom is 0.264 e. The van der Waals surface area contributed by atoms with E-state index in [-0.39, 0.29) is 6.61 Å². The first-order chi connectivity index (χ1) is 11.4. The Hall–Kier alpha value is -3.21. The zero-order valence-electron chi connectivity index (χ0n) is 12.2. The molecule has 4 rings (SSSR count). The van der Waals surface area contributed by atoms with Crippen molar-refractivity contribution in [3.63, 3.8) is 0 Å². The van der Waals surface area contributed by atoms with Crippen molar-refractivity contribution in [3.8, 4) is 17.1 Å². The first kappa shape index (κ1) is 13.5. The Morgan fingerprint density at radius 2 is 1.87 bits per heavy atom. The third-order valence-corrected chi connectivity index (χ3v) is 3.49. The van der Waals surface area contributed by atoms with Gasteiger partial charge in [0.15, 0.2) is 6.61 Å². The highest BCUT2D eigenvalue weighted by molar-refractivity contribution is 5.88. The molecule has 0 aliphatic heterocycles. The number of benzene rings is 2. The minimum atomic E-state index is 0.223. The van der Waals surface area contributed by atoms with Crippen molar-refractivity contribution in [1.29, 1.82) is 0 Å². The summed E-state index contributed by atoms with van der Waals surface area (Å²) in [7, 11) is 0. The van der Waals surface area contributed by atoms with Crippen molar-refractivity contribution < 1.29 is 9.26 Å². The second kappa shape index (κ2) is 5.88. The number of fused-ring (bicyclic) bond motifs is 1. The van der Waals surface area contributed by atoms with Crippen LogP contribution in [-0.4, -0.2) is 15.1 Å². The second-order valence-electron chi connectivity index (χ2n) is 5.02. The molecule has 0 saturated carbocycles. The molecule has 112 valence electrons. The molecule has 0 amide bonds. The van der Waals surface area contributed by atoms with Crippen molar-refractivity contribution >= 4 is 10.8 Å². The molecule has 0 aliphatic rings. The number of hydrogen-bond acceptors (Lipinski definition) is 5. The molecule has 0 atom stereocenters. The first-order valence-electron chi connectivity index (χ1n) is 7.24. The van der Waals surface area contributed by atoms with Gasteiger partial charge >= 0.3 is 0 Å². The number of rotatable bonds is 4. The lowest BCUT2D eigenvalue weighted by Gasteiger charge is -2.06. The lowest BCUT2D eigenvalue weighted by molar-refractivity contribution is 0.245. The highest BCUT2D eigenvalue weighted by Crippen LogP contribution is 2.26. The van der Waals surface area contributed by atoms with Crippen LogP contribution in [0.25, 0.3) is 22.2 Å². The van der Waals surface area contributed by atoms with Crippen LogP contribution in [0.2, 0.25) is 0 Å². The molecule has 0 unspecified atom stereocenters. The van der Waals surface area contributed by atoms with Crippen molar-refractivity contribution in [2.45, 2.75) is 6.61 Å². The fraction of sp³-hybridized carbons (Fsp3) is 0.0556. The number of nitrogens with zero attached hydrogens (tertiary/aromatic N) is 3. The molecule has 5 heteroatoms. The molecule has 5 nitrogen and oxygen atoms in total. The van der Waals surface area contributed by atoms with E-state index in [2.05, 4.69) is 27.3 Å². The molecule has 0 fully saturated rings. The van der Waals surface area contributed by atoms with Gasteiger partial charge in [0.25, 0.3) is 5.89 Å². The largest absolute Gasteiger partial charge is 0.483 e. The number of ether oxygens (including phenoxy) is 1. The van der Waals surface area contributed by atoms with Gasteiger partial charge < -0.3 is 9.26 Å². The highest BCUT2D eigenvalue weighted by Gasteiger charge is 2.10.